The van der Waals surface area contributed by atoms with Gasteiger partial charge in [-0.3, -0.25) is 0 Å². The second kappa shape index (κ2) is 5.03. The molecule has 0 saturated heterocycles. The predicted molar refractivity (Wildman–Crippen MR) is 99.3 cm³/mol. The maximum absolute atomic E-state index is 11.0. The fourth-order valence-corrected chi connectivity index (χ4v) is 5.48. The highest BCUT2D eigenvalue weighted by atomic mass is 16.7. The molecule has 0 amide bonds. The van der Waals surface area contributed by atoms with Crippen molar-refractivity contribution in [3.63, 3.8) is 0 Å². The SMILES string of the molecule is CC1(C)C[C@@]2(CC(C)(C)c3ccc(OC(=O)O)cc32)c2cc(O)ccc21. The summed E-state index contributed by atoms with van der Waals surface area (Å²) in [5.41, 5.74) is 4.45. The quantitative estimate of drug-likeness (QED) is 0.554. The van der Waals surface area contributed by atoms with Gasteiger partial charge in [0, 0.05) is 5.41 Å². The third kappa shape index (κ3) is 2.24. The van der Waals surface area contributed by atoms with Crippen molar-refractivity contribution in [1.82, 2.24) is 0 Å². The molecule has 136 valence electrons. The smallest absolute Gasteiger partial charge is 0.508 e. The van der Waals surface area contributed by atoms with Gasteiger partial charge in [-0.15, -0.1) is 0 Å². The lowest BCUT2D eigenvalue weighted by Crippen LogP contribution is -2.27. The van der Waals surface area contributed by atoms with Crippen molar-refractivity contribution >= 4 is 6.16 Å². The number of rotatable bonds is 1. The summed E-state index contributed by atoms with van der Waals surface area (Å²) in [6.07, 6.45) is 0.540. The van der Waals surface area contributed by atoms with E-state index in [1.807, 2.05) is 24.3 Å². The fraction of sp³-hybridized carbons (Fsp3) is 0.409. The van der Waals surface area contributed by atoms with Gasteiger partial charge in [-0.25, -0.2) is 4.79 Å². The lowest BCUT2D eigenvalue weighted by Gasteiger charge is -2.30. The van der Waals surface area contributed by atoms with Crippen molar-refractivity contribution in [2.75, 3.05) is 0 Å². The van der Waals surface area contributed by atoms with Crippen LogP contribution in [0.2, 0.25) is 0 Å². The maximum Gasteiger partial charge on any atom is 0.511 e. The van der Waals surface area contributed by atoms with Crippen LogP contribution >= 0.6 is 0 Å². The van der Waals surface area contributed by atoms with Crippen LogP contribution in [0.25, 0.3) is 0 Å². The third-order valence-electron chi connectivity index (χ3n) is 6.18. The summed E-state index contributed by atoms with van der Waals surface area (Å²) < 4.78 is 4.94. The minimum atomic E-state index is -1.30. The lowest BCUT2D eigenvalue weighted by atomic mass is 9.72. The third-order valence-corrected chi connectivity index (χ3v) is 6.18. The summed E-state index contributed by atoms with van der Waals surface area (Å²) in [7, 11) is 0. The van der Waals surface area contributed by atoms with Crippen LogP contribution in [-0.2, 0) is 16.2 Å². The van der Waals surface area contributed by atoms with Crippen LogP contribution in [0, 0.1) is 0 Å². The Hall–Kier alpha value is -2.49. The van der Waals surface area contributed by atoms with Crippen molar-refractivity contribution in [3.05, 3.63) is 58.7 Å². The van der Waals surface area contributed by atoms with Crippen LogP contribution in [0.5, 0.6) is 11.5 Å². The summed E-state index contributed by atoms with van der Waals surface area (Å²) in [6, 6.07) is 11.3. The van der Waals surface area contributed by atoms with E-state index in [9.17, 15) is 9.90 Å². The van der Waals surface area contributed by atoms with E-state index in [4.69, 9.17) is 9.84 Å². The second-order valence-electron chi connectivity index (χ2n) is 9.01. The number of hydrogen-bond donors (Lipinski definition) is 2. The molecule has 0 bridgehead atoms. The monoisotopic (exact) mass is 352 g/mol. The number of carbonyl (C=O) groups is 1. The number of fused-ring (bicyclic) bond motifs is 4. The Morgan fingerprint density at radius 2 is 1.42 bits per heavy atom. The average molecular weight is 352 g/mol. The van der Waals surface area contributed by atoms with Gasteiger partial charge in [-0.1, -0.05) is 39.8 Å². The van der Waals surface area contributed by atoms with Crippen molar-refractivity contribution in [3.8, 4) is 11.5 Å². The highest BCUT2D eigenvalue weighted by molar-refractivity contribution is 5.65. The first-order chi connectivity index (χ1) is 12.1. The molecule has 0 unspecified atom stereocenters. The molecule has 0 saturated carbocycles. The van der Waals surface area contributed by atoms with E-state index in [0.717, 1.165) is 24.0 Å². The molecule has 0 radical (unpaired) electrons. The van der Waals surface area contributed by atoms with E-state index in [2.05, 4.69) is 27.7 Å². The zero-order valence-corrected chi connectivity index (χ0v) is 15.6. The normalized spacial score (nSPS) is 24.3. The number of carboxylic acid groups (broad SMARTS) is 1. The standard InChI is InChI=1S/C22H24O4/c1-20(2)11-22(17-9-13(23)5-7-15(17)20)12-21(3,4)16-8-6-14(10-18(16)22)26-19(24)25/h5-10,23H,11-12H2,1-4H3,(H,24,25)/t22-/m1/s1. The second-order valence-corrected chi connectivity index (χ2v) is 9.01. The molecule has 0 aromatic heterocycles. The Balaban J connectivity index is 1.98. The Morgan fingerprint density at radius 3 is 2.00 bits per heavy atom. The molecule has 4 heteroatoms. The summed E-state index contributed by atoms with van der Waals surface area (Å²) in [4.78, 5) is 11.0. The molecule has 0 aliphatic heterocycles. The largest absolute Gasteiger partial charge is 0.511 e. The Bertz CT molecular complexity index is 922. The van der Waals surface area contributed by atoms with Gasteiger partial charge in [-0.2, -0.15) is 0 Å². The van der Waals surface area contributed by atoms with Crippen LogP contribution in [0.4, 0.5) is 4.79 Å². The minimum Gasteiger partial charge on any atom is -0.508 e. The molecule has 1 spiro atoms. The van der Waals surface area contributed by atoms with Gasteiger partial charge in [0.1, 0.15) is 11.5 Å². The molecular formula is C22H24O4. The predicted octanol–water partition coefficient (Wildman–Crippen LogP) is 5.10. The number of phenolic OH excluding ortho intramolecular Hbond substituents is 1. The highest BCUT2D eigenvalue weighted by Crippen LogP contribution is 2.63. The number of phenols is 1. The molecule has 26 heavy (non-hydrogen) atoms. The molecule has 4 nitrogen and oxygen atoms in total. The van der Waals surface area contributed by atoms with Crippen LogP contribution in [-0.4, -0.2) is 16.4 Å². The molecule has 4 rings (SSSR count). The summed E-state index contributed by atoms with van der Waals surface area (Å²) >= 11 is 0. The first-order valence-corrected chi connectivity index (χ1v) is 8.95. The number of benzene rings is 2. The average Bonchev–Trinajstić information content (AvgIpc) is 2.86. The van der Waals surface area contributed by atoms with Crippen molar-refractivity contribution in [2.45, 2.75) is 56.8 Å². The van der Waals surface area contributed by atoms with E-state index in [0.29, 0.717) is 5.75 Å². The minimum absolute atomic E-state index is 0.0234. The Morgan fingerprint density at radius 1 is 0.885 bits per heavy atom. The van der Waals surface area contributed by atoms with Gasteiger partial charge in [0.25, 0.3) is 0 Å². The molecular weight excluding hydrogens is 328 g/mol. The lowest BCUT2D eigenvalue weighted by molar-refractivity contribution is 0.144. The summed E-state index contributed by atoms with van der Waals surface area (Å²) in [5, 5.41) is 19.2. The molecule has 0 heterocycles. The van der Waals surface area contributed by atoms with Gasteiger partial charge in [0.15, 0.2) is 0 Å². The van der Waals surface area contributed by atoms with Crippen LogP contribution in [0.1, 0.15) is 62.8 Å². The van der Waals surface area contributed by atoms with E-state index in [1.54, 1.807) is 12.1 Å². The molecule has 2 aliphatic rings. The number of ether oxygens (including phenoxy) is 1. The van der Waals surface area contributed by atoms with Crippen LogP contribution in [0.15, 0.2) is 36.4 Å². The van der Waals surface area contributed by atoms with E-state index < -0.39 is 6.16 Å². The number of aromatic hydroxyl groups is 1. The molecule has 2 aromatic carbocycles. The topological polar surface area (TPSA) is 66.8 Å². The van der Waals surface area contributed by atoms with E-state index in [-0.39, 0.29) is 22.0 Å². The first kappa shape index (κ1) is 17.0. The van der Waals surface area contributed by atoms with Gasteiger partial charge in [-0.05, 0) is 70.2 Å². The van der Waals surface area contributed by atoms with Crippen molar-refractivity contribution in [2.24, 2.45) is 0 Å². The van der Waals surface area contributed by atoms with Crippen LogP contribution < -0.4 is 4.74 Å². The van der Waals surface area contributed by atoms with Gasteiger partial charge in [0.2, 0.25) is 0 Å². The van der Waals surface area contributed by atoms with Crippen molar-refractivity contribution in [1.29, 1.82) is 0 Å². The molecule has 1 atom stereocenters. The summed E-state index contributed by atoms with van der Waals surface area (Å²) in [5.74, 6) is 0.616. The molecule has 2 aliphatic carbocycles. The van der Waals surface area contributed by atoms with Gasteiger partial charge in [0.05, 0.1) is 0 Å². The van der Waals surface area contributed by atoms with E-state index >= 15 is 0 Å². The molecule has 2 N–H and O–H groups in total. The zero-order chi connectivity index (χ0) is 18.9. The molecule has 0 fully saturated rings. The van der Waals surface area contributed by atoms with E-state index in [1.165, 1.54) is 11.1 Å². The van der Waals surface area contributed by atoms with Crippen molar-refractivity contribution < 1.29 is 19.7 Å². The van der Waals surface area contributed by atoms with Crippen LogP contribution in [0.3, 0.4) is 0 Å². The maximum atomic E-state index is 11.0. The highest BCUT2D eigenvalue weighted by Gasteiger charge is 2.56. The zero-order valence-electron chi connectivity index (χ0n) is 15.6. The fourth-order valence-electron chi connectivity index (χ4n) is 5.48. The number of hydrogen-bond acceptors (Lipinski definition) is 3. The first-order valence-electron chi connectivity index (χ1n) is 8.95. The summed E-state index contributed by atoms with van der Waals surface area (Å²) in [6.45, 7) is 8.93. The Labute approximate surface area is 153 Å². The Kier molecular flexibility index (Phi) is 3.28. The van der Waals surface area contributed by atoms with Gasteiger partial charge >= 0.3 is 6.16 Å². The molecule has 2 aromatic rings. The van der Waals surface area contributed by atoms with Gasteiger partial charge < -0.3 is 14.9 Å².